The fraction of sp³-hybridized carbons (Fsp3) is 0.350. The third kappa shape index (κ3) is 7.68. The van der Waals surface area contributed by atoms with Gasteiger partial charge in [0.15, 0.2) is 0 Å². The molecule has 0 radical (unpaired) electrons. The lowest BCUT2D eigenvalue weighted by atomic mass is 10.2. The van der Waals surface area contributed by atoms with Gasteiger partial charge in [-0.1, -0.05) is 18.2 Å². The Kier molecular flexibility index (Phi) is 8.41. The summed E-state index contributed by atoms with van der Waals surface area (Å²) in [5, 5.41) is 2.56. The SMILES string of the molecule is CC(C)Oc1ccccc1.CNC(=O)c1ccc(OC(C)C)cc1. The zero-order chi connectivity index (χ0) is 17.9. The Balaban J connectivity index is 0.000000254. The van der Waals surface area contributed by atoms with E-state index in [4.69, 9.17) is 9.47 Å². The first kappa shape index (κ1) is 19.6. The summed E-state index contributed by atoms with van der Waals surface area (Å²) in [6.07, 6.45) is 0.420. The summed E-state index contributed by atoms with van der Waals surface area (Å²) in [6, 6.07) is 16.9. The second-order valence-corrected chi connectivity index (χ2v) is 5.75. The van der Waals surface area contributed by atoms with E-state index >= 15 is 0 Å². The second-order valence-electron chi connectivity index (χ2n) is 5.75. The molecule has 0 aliphatic heterocycles. The molecule has 0 fully saturated rings. The van der Waals surface area contributed by atoms with Gasteiger partial charge >= 0.3 is 0 Å². The Morgan fingerprint density at radius 2 is 1.25 bits per heavy atom. The van der Waals surface area contributed by atoms with E-state index in [1.165, 1.54) is 0 Å². The predicted octanol–water partition coefficient (Wildman–Crippen LogP) is 4.31. The van der Waals surface area contributed by atoms with Crippen LogP contribution < -0.4 is 14.8 Å². The molecule has 0 heterocycles. The van der Waals surface area contributed by atoms with Gasteiger partial charge in [-0.25, -0.2) is 0 Å². The summed E-state index contributed by atoms with van der Waals surface area (Å²) in [7, 11) is 1.61. The van der Waals surface area contributed by atoms with Crippen LogP contribution in [0, 0.1) is 0 Å². The fourth-order valence-corrected chi connectivity index (χ4v) is 1.87. The summed E-state index contributed by atoms with van der Waals surface area (Å²) in [4.78, 5) is 11.2. The zero-order valence-corrected chi connectivity index (χ0v) is 15.1. The number of carbonyl (C=O) groups excluding carboxylic acids is 1. The molecular weight excluding hydrogens is 302 g/mol. The lowest BCUT2D eigenvalue weighted by Gasteiger charge is -2.09. The number of nitrogens with one attached hydrogen (secondary N) is 1. The van der Waals surface area contributed by atoms with E-state index in [2.05, 4.69) is 5.32 Å². The molecule has 0 bridgehead atoms. The number of hydrogen-bond acceptors (Lipinski definition) is 3. The molecule has 0 aliphatic carbocycles. The number of amides is 1. The van der Waals surface area contributed by atoms with E-state index in [9.17, 15) is 4.79 Å². The second kappa shape index (κ2) is 10.3. The molecule has 0 saturated carbocycles. The van der Waals surface area contributed by atoms with Crippen LogP contribution in [0.5, 0.6) is 11.5 Å². The maximum absolute atomic E-state index is 11.2. The molecular formula is C20H27NO3. The third-order valence-corrected chi connectivity index (χ3v) is 2.83. The first-order chi connectivity index (χ1) is 11.4. The number of carbonyl (C=O) groups is 1. The minimum atomic E-state index is -0.0823. The number of benzene rings is 2. The molecule has 2 rings (SSSR count). The number of rotatable bonds is 5. The molecule has 2 aromatic rings. The average molecular weight is 329 g/mol. The topological polar surface area (TPSA) is 47.6 Å². The average Bonchev–Trinajstić information content (AvgIpc) is 2.55. The Labute approximate surface area is 144 Å². The Morgan fingerprint density at radius 1 is 0.792 bits per heavy atom. The van der Waals surface area contributed by atoms with Crippen LogP contribution in [-0.4, -0.2) is 25.2 Å². The lowest BCUT2D eigenvalue weighted by molar-refractivity contribution is 0.0963. The summed E-state index contributed by atoms with van der Waals surface area (Å²) in [5.74, 6) is 1.64. The number of ether oxygens (including phenoxy) is 2. The molecule has 4 nitrogen and oxygen atoms in total. The van der Waals surface area contributed by atoms with Crippen LogP contribution >= 0.6 is 0 Å². The van der Waals surface area contributed by atoms with Gasteiger partial charge in [-0.15, -0.1) is 0 Å². The normalized spacial score (nSPS) is 9.96. The van der Waals surface area contributed by atoms with Crippen molar-refractivity contribution >= 4 is 5.91 Å². The first-order valence-electron chi connectivity index (χ1n) is 8.13. The van der Waals surface area contributed by atoms with Gasteiger partial charge in [0.05, 0.1) is 12.2 Å². The molecule has 1 amide bonds. The quantitative estimate of drug-likeness (QED) is 0.889. The summed E-state index contributed by atoms with van der Waals surface area (Å²) in [6.45, 7) is 7.97. The molecule has 0 atom stereocenters. The van der Waals surface area contributed by atoms with E-state index in [1.807, 2.05) is 58.0 Å². The molecule has 0 saturated heterocycles. The highest BCUT2D eigenvalue weighted by molar-refractivity contribution is 5.94. The van der Waals surface area contributed by atoms with Crippen molar-refractivity contribution in [3.63, 3.8) is 0 Å². The van der Waals surface area contributed by atoms with Gasteiger partial charge in [0.2, 0.25) is 0 Å². The van der Waals surface area contributed by atoms with E-state index in [1.54, 1.807) is 31.3 Å². The Hall–Kier alpha value is -2.49. The largest absolute Gasteiger partial charge is 0.491 e. The highest BCUT2D eigenvalue weighted by atomic mass is 16.5. The standard InChI is InChI=1S/C11H15NO2.C9H12O/c1-8(2)14-10-6-4-9(5-7-10)11(13)12-3;1-8(2)10-9-6-4-3-5-7-9/h4-8H,1-3H3,(H,12,13);3-8H,1-2H3. The highest BCUT2D eigenvalue weighted by Crippen LogP contribution is 2.13. The smallest absolute Gasteiger partial charge is 0.251 e. The van der Waals surface area contributed by atoms with Gasteiger partial charge in [0.25, 0.3) is 5.91 Å². The van der Waals surface area contributed by atoms with Crippen molar-refractivity contribution in [3.8, 4) is 11.5 Å². The van der Waals surface area contributed by atoms with Gasteiger partial charge in [0.1, 0.15) is 11.5 Å². The minimum absolute atomic E-state index is 0.0823. The van der Waals surface area contributed by atoms with Crippen LogP contribution in [0.15, 0.2) is 54.6 Å². The van der Waals surface area contributed by atoms with E-state index < -0.39 is 0 Å². The predicted molar refractivity (Wildman–Crippen MR) is 97.8 cm³/mol. The highest BCUT2D eigenvalue weighted by Gasteiger charge is 2.03. The number of para-hydroxylation sites is 1. The van der Waals surface area contributed by atoms with Crippen LogP contribution in [0.25, 0.3) is 0 Å². The van der Waals surface area contributed by atoms with Gasteiger partial charge in [-0.05, 0) is 64.1 Å². The molecule has 24 heavy (non-hydrogen) atoms. The molecule has 4 heteroatoms. The maximum atomic E-state index is 11.2. The van der Waals surface area contributed by atoms with Gasteiger partial charge < -0.3 is 14.8 Å². The van der Waals surface area contributed by atoms with Crippen LogP contribution in [0.4, 0.5) is 0 Å². The Bertz CT molecular complexity index is 592. The van der Waals surface area contributed by atoms with Gasteiger partial charge in [-0.2, -0.15) is 0 Å². The van der Waals surface area contributed by atoms with E-state index in [0.29, 0.717) is 5.56 Å². The molecule has 0 spiro atoms. The maximum Gasteiger partial charge on any atom is 0.251 e. The van der Waals surface area contributed by atoms with Crippen LogP contribution in [0.3, 0.4) is 0 Å². The van der Waals surface area contributed by atoms with Crippen molar-refractivity contribution in [2.24, 2.45) is 0 Å². The van der Waals surface area contributed by atoms with Gasteiger partial charge in [-0.3, -0.25) is 4.79 Å². The lowest BCUT2D eigenvalue weighted by Crippen LogP contribution is -2.17. The fourth-order valence-electron chi connectivity index (χ4n) is 1.87. The van der Waals surface area contributed by atoms with Crippen molar-refractivity contribution in [1.82, 2.24) is 5.32 Å². The van der Waals surface area contributed by atoms with Crippen molar-refractivity contribution in [2.45, 2.75) is 39.9 Å². The molecule has 0 unspecified atom stereocenters. The van der Waals surface area contributed by atoms with Crippen LogP contribution in [0.1, 0.15) is 38.1 Å². The Morgan fingerprint density at radius 3 is 1.67 bits per heavy atom. The zero-order valence-electron chi connectivity index (χ0n) is 15.1. The molecule has 1 N–H and O–H groups in total. The summed E-state index contributed by atoms with van der Waals surface area (Å²) >= 11 is 0. The summed E-state index contributed by atoms with van der Waals surface area (Å²) in [5.41, 5.74) is 0.642. The van der Waals surface area contributed by atoms with E-state index in [-0.39, 0.29) is 18.1 Å². The number of hydrogen-bond donors (Lipinski definition) is 1. The summed E-state index contributed by atoms with van der Waals surface area (Å²) < 4.78 is 10.9. The van der Waals surface area contributed by atoms with E-state index in [0.717, 1.165) is 11.5 Å². The van der Waals surface area contributed by atoms with Crippen LogP contribution in [0.2, 0.25) is 0 Å². The van der Waals surface area contributed by atoms with Crippen LogP contribution in [-0.2, 0) is 0 Å². The monoisotopic (exact) mass is 329 g/mol. The first-order valence-corrected chi connectivity index (χ1v) is 8.13. The van der Waals surface area contributed by atoms with Crippen molar-refractivity contribution in [3.05, 3.63) is 60.2 Å². The third-order valence-electron chi connectivity index (χ3n) is 2.83. The van der Waals surface area contributed by atoms with Gasteiger partial charge in [0, 0.05) is 12.6 Å². The van der Waals surface area contributed by atoms with Crippen molar-refractivity contribution in [1.29, 1.82) is 0 Å². The molecule has 0 aliphatic rings. The minimum Gasteiger partial charge on any atom is -0.491 e. The van der Waals surface area contributed by atoms with Crippen molar-refractivity contribution < 1.29 is 14.3 Å². The molecule has 0 aromatic heterocycles. The molecule has 2 aromatic carbocycles. The molecule has 130 valence electrons. The van der Waals surface area contributed by atoms with Crippen molar-refractivity contribution in [2.75, 3.05) is 7.05 Å².